The normalized spacial score (nSPS) is 10.6. The van der Waals surface area contributed by atoms with Gasteiger partial charge in [0.05, 0.1) is 9.79 Å². The number of nitrogens with two attached hydrogens (primary N) is 4. The first-order valence-corrected chi connectivity index (χ1v) is 8.84. The average Bonchev–Trinajstić information content (AvgIpc) is 2.56. The molecule has 0 saturated heterocycles. The smallest absolute Gasteiger partial charge is 0.206 e. The van der Waals surface area contributed by atoms with Gasteiger partial charge in [-0.2, -0.15) is 0 Å². The van der Waals surface area contributed by atoms with Gasteiger partial charge in [-0.25, -0.2) is 8.42 Å². The first-order chi connectivity index (χ1) is 11.8. The van der Waals surface area contributed by atoms with Gasteiger partial charge in [-0.05, 0) is 66.7 Å². The molecule has 0 heterocycles. The summed E-state index contributed by atoms with van der Waals surface area (Å²) in [6.07, 6.45) is 0. The molecule has 7 heteroatoms. The van der Waals surface area contributed by atoms with E-state index in [1.807, 2.05) is 6.07 Å². The molecule has 0 spiro atoms. The molecule has 3 aromatic rings. The van der Waals surface area contributed by atoms with Crippen molar-refractivity contribution in [2.45, 2.75) is 9.79 Å². The molecular weight excluding hydrogens is 336 g/mol. The number of benzene rings is 3. The Morgan fingerprint density at radius 1 is 0.520 bits per heavy atom. The van der Waals surface area contributed by atoms with Crippen molar-refractivity contribution < 1.29 is 8.42 Å². The molecule has 0 aliphatic rings. The van der Waals surface area contributed by atoms with E-state index in [0.717, 1.165) is 0 Å². The molecule has 8 N–H and O–H groups in total. The Kier molecular flexibility index (Phi) is 5.51. The molecule has 0 aromatic heterocycles. The highest BCUT2D eigenvalue weighted by molar-refractivity contribution is 7.91. The van der Waals surface area contributed by atoms with Crippen LogP contribution >= 0.6 is 0 Å². The van der Waals surface area contributed by atoms with E-state index in [1.54, 1.807) is 42.5 Å². The van der Waals surface area contributed by atoms with Crippen molar-refractivity contribution in [3.05, 3.63) is 72.8 Å². The van der Waals surface area contributed by atoms with Crippen molar-refractivity contribution in [3.63, 3.8) is 0 Å². The monoisotopic (exact) mass is 356 g/mol. The van der Waals surface area contributed by atoms with Crippen LogP contribution in [-0.2, 0) is 9.84 Å². The standard InChI is InChI=1S/C12H12N2O2S.C6H8N2/c13-9-1-5-11(6-2-9)17(15,16)12-7-3-10(14)4-8-12;7-5-2-1-3-6(8)4-5/h1-8H,13-14H2;1-4H,7-8H2. The van der Waals surface area contributed by atoms with Crippen LogP contribution < -0.4 is 22.9 Å². The van der Waals surface area contributed by atoms with Gasteiger partial charge in [0.1, 0.15) is 0 Å². The topological polar surface area (TPSA) is 138 Å². The van der Waals surface area contributed by atoms with Gasteiger partial charge < -0.3 is 22.9 Å². The Bertz CT molecular complexity index is 869. The number of hydrogen-bond acceptors (Lipinski definition) is 6. The second kappa shape index (κ2) is 7.59. The number of hydrogen-bond donors (Lipinski definition) is 4. The van der Waals surface area contributed by atoms with Crippen molar-refractivity contribution in [1.82, 2.24) is 0 Å². The van der Waals surface area contributed by atoms with Crippen LogP contribution in [0.5, 0.6) is 0 Å². The first kappa shape index (κ1) is 18.2. The second-order valence-corrected chi connectivity index (χ2v) is 7.26. The SMILES string of the molecule is Nc1ccc(S(=O)(=O)c2ccc(N)cc2)cc1.Nc1cccc(N)c1. The quantitative estimate of drug-likeness (QED) is 0.520. The Labute approximate surface area is 147 Å². The molecule has 0 fully saturated rings. The zero-order valence-electron chi connectivity index (χ0n) is 13.5. The molecule has 3 aromatic carbocycles. The summed E-state index contributed by atoms with van der Waals surface area (Å²) in [5, 5.41) is 0. The van der Waals surface area contributed by atoms with Crippen molar-refractivity contribution in [1.29, 1.82) is 0 Å². The van der Waals surface area contributed by atoms with E-state index in [0.29, 0.717) is 22.7 Å². The Hall–Kier alpha value is -3.19. The summed E-state index contributed by atoms with van der Waals surface area (Å²) in [4.78, 5) is 0.438. The van der Waals surface area contributed by atoms with Crippen molar-refractivity contribution in [2.75, 3.05) is 22.9 Å². The van der Waals surface area contributed by atoms with Gasteiger partial charge in [0, 0.05) is 22.7 Å². The Morgan fingerprint density at radius 2 is 0.880 bits per heavy atom. The highest BCUT2D eigenvalue weighted by Crippen LogP contribution is 2.22. The molecule has 130 valence electrons. The van der Waals surface area contributed by atoms with Crippen LogP contribution in [0.15, 0.2) is 82.6 Å². The van der Waals surface area contributed by atoms with Gasteiger partial charge in [0.2, 0.25) is 9.84 Å². The predicted octanol–water partition coefficient (Wildman–Crippen LogP) is 2.53. The van der Waals surface area contributed by atoms with Gasteiger partial charge in [0.15, 0.2) is 0 Å². The van der Waals surface area contributed by atoms with Crippen LogP contribution in [0.1, 0.15) is 0 Å². The van der Waals surface area contributed by atoms with E-state index in [1.165, 1.54) is 24.3 Å². The van der Waals surface area contributed by atoms with Crippen molar-refractivity contribution >= 4 is 32.6 Å². The largest absolute Gasteiger partial charge is 0.399 e. The average molecular weight is 356 g/mol. The molecule has 3 rings (SSSR count). The van der Waals surface area contributed by atoms with Crippen molar-refractivity contribution in [3.8, 4) is 0 Å². The molecule has 0 aliphatic carbocycles. The lowest BCUT2D eigenvalue weighted by atomic mass is 10.3. The Morgan fingerprint density at radius 3 is 1.16 bits per heavy atom. The van der Waals surface area contributed by atoms with Crippen LogP contribution in [0, 0.1) is 0 Å². The van der Waals surface area contributed by atoms with E-state index in [4.69, 9.17) is 22.9 Å². The summed E-state index contributed by atoms with van der Waals surface area (Å²) >= 11 is 0. The maximum absolute atomic E-state index is 12.2. The van der Waals surface area contributed by atoms with Crippen LogP contribution in [0.2, 0.25) is 0 Å². The lowest BCUT2D eigenvalue weighted by Gasteiger charge is -2.05. The number of sulfone groups is 1. The summed E-state index contributed by atoms with van der Waals surface area (Å²) < 4.78 is 24.3. The molecule has 0 unspecified atom stereocenters. The summed E-state index contributed by atoms with van der Waals surface area (Å²) in [6, 6.07) is 19.3. The zero-order chi connectivity index (χ0) is 18.4. The van der Waals surface area contributed by atoms with Gasteiger partial charge in [-0.15, -0.1) is 0 Å². The minimum atomic E-state index is -3.48. The fraction of sp³-hybridized carbons (Fsp3) is 0. The number of anilines is 4. The molecule has 0 amide bonds. The van der Waals surface area contributed by atoms with Crippen LogP contribution in [0.4, 0.5) is 22.7 Å². The summed E-state index contributed by atoms with van der Waals surface area (Å²) in [7, 11) is -3.48. The van der Waals surface area contributed by atoms with E-state index in [2.05, 4.69) is 0 Å². The molecule has 0 radical (unpaired) electrons. The minimum Gasteiger partial charge on any atom is -0.399 e. The molecule has 0 aliphatic heterocycles. The van der Waals surface area contributed by atoms with Gasteiger partial charge in [-0.1, -0.05) is 6.07 Å². The van der Waals surface area contributed by atoms with Gasteiger partial charge >= 0.3 is 0 Å². The molecular formula is C18H20N4O2S. The van der Waals surface area contributed by atoms with Gasteiger partial charge in [0.25, 0.3) is 0 Å². The number of rotatable bonds is 2. The van der Waals surface area contributed by atoms with E-state index in [9.17, 15) is 8.42 Å². The fourth-order valence-electron chi connectivity index (χ4n) is 1.99. The zero-order valence-corrected chi connectivity index (χ0v) is 14.3. The fourth-order valence-corrected chi connectivity index (χ4v) is 3.25. The maximum Gasteiger partial charge on any atom is 0.206 e. The molecule has 6 nitrogen and oxygen atoms in total. The maximum atomic E-state index is 12.2. The highest BCUT2D eigenvalue weighted by Gasteiger charge is 2.16. The minimum absolute atomic E-state index is 0.219. The highest BCUT2D eigenvalue weighted by atomic mass is 32.2. The van der Waals surface area contributed by atoms with Crippen molar-refractivity contribution in [2.24, 2.45) is 0 Å². The third-order valence-electron chi connectivity index (χ3n) is 3.29. The number of nitrogen functional groups attached to an aromatic ring is 4. The van der Waals surface area contributed by atoms with E-state index in [-0.39, 0.29) is 9.79 Å². The van der Waals surface area contributed by atoms with E-state index < -0.39 is 9.84 Å². The predicted molar refractivity (Wildman–Crippen MR) is 102 cm³/mol. The summed E-state index contributed by atoms with van der Waals surface area (Å²) in [6.45, 7) is 0. The van der Waals surface area contributed by atoms with Crippen LogP contribution in [0.25, 0.3) is 0 Å². The lowest BCUT2D eigenvalue weighted by Crippen LogP contribution is -2.02. The van der Waals surface area contributed by atoms with Crippen LogP contribution in [-0.4, -0.2) is 8.42 Å². The first-order valence-electron chi connectivity index (χ1n) is 7.36. The molecule has 25 heavy (non-hydrogen) atoms. The Balaban J connectivity index is 0.000000236. The van der Waals surface area contributed by atoms with E-state index >= 15 is 0 Å². The lowest BCUT2D eigenvalue weighted by molar-refractivity contribution is 0.596. The summed E-state index contributed by atoms with van der Waals surface area (Å²) in [5.74, 6) is 0. The molecule has 0 saturated carbocycles. The second-order valence-electron chi connectivity index (χ2n) is 5.31. The summed E-state index contributed by atoms with van der Waals surface area (Å²) in [5.41, 5.74) is 24.3. The third-order valence-corrected chi connectivity index (χ3v) is 5.08. The third kappa shape index (κ3) is 4.89. The van der Waals surface area contributed by atoms with Crippen LogP contribution in [0.3, 0.4) is 0 Å². The molecule has 0 bridgehead atoms. The van der Waals surface area contributed by atoms with Gasteiger partial charge in [-0.3, -0.25) is 0 Å². The molecule has 0 atom stereocenters.